The maximum atomic E-state index is 9.39. The molecule has 0 bridgehead atoms. The van der Waals surface area contributed by atoms with Gasteiger partial charge in [0.05, 0.1) is 29.0 Å². The fourth-order valence-corrected chi connectivity index (χ4v) is 3.67. The molecule has 0 fully saturated rings. The predicted molar refractivity (Wildman–Crippen MR) is 92.8 cm³/mol. The van der Waals surface area contributed by atoms with E-state index in [4.69, 9.17) is 0 Å². The molecule has 0 saturated heterocycles. The summed E-state index contributed by atoms with van der Waals surface area (Å²) in [6, 6.07) is 13.8. The van der Waals surface area contributed by atoms with Gasteiger partial charge in [0.15, 0.2) is 0 Å². The Balaban J connectivity index is 1.93. The number of hydrogen-bond acceptors (Lipinski definition) is 5. The quantitative estimate of drug-likeness (QED) is 0.614. The van der Waals surface area contributed by atoms with Crippen molar-refractivity contribution in [2.75, 3.05) is 0 Å². The normalized spacial score (nSPS) is 10.5. The average Bonchev–Trinajstić information content (AvgIpc) is 3.31. The van der Waals surface area contributed by atoms with Gasteiger partial charge >= 0.3 is 0 Å². The highest BCUT2D eigenvalue weighted by Gasteiger charge is 2.14. The molecule has 118 valence electrons. The van der Waals surface area contributed by atoms with Crippen LogP contribution in [0.2, 0.25) is 0 Å². The summed E-state index contributed by atoms with van der Waals surface area (Å²) in [5, 5.41) is 29.8. The molecule has 6 nitrogen and oxygen atoms in total. The highest BCUT2D eigenvalue weighted by molar-refractivity contribution is 7.99. The molecule has 0 aliphatic carbocycles. The second-order valence-electron chi connectivity index (χ2n) is 5.25. The number of aromatic amines is 1. The summed E-state index contributed by atoms with van der Waals surface area (Å²) in [6.07, 6.45) is 6.94. The molecular weight excluding hydrogens is 332 g/mol. The third-order valence-electron chi connectivity index (χ3n) is 3.76. The van der Waals surface area contributed by atoms with Crippen LogP contribution in [0.25, 0.3) is 16.6 Å². The first-order valence-corrected chi connectivity index (χ1v) is 8.19. The minimum atomic E-state index is 0.496. The highest BCUT2D eigenvalue weighted by atomic mass is 32.2. The van der Waals surface area contributed by atoms with E-state index in [9.17, 15) is 10.5 Å². The van der Waals surface area contributed by atoms with E-state index < -0.39 is 0 Å². The van der Waals surface area contributed by atoms with Crippen LogP contribution in [0.4, 0.5) is 0 Å². The number of hydrogen-bond donors (Lipinski definition) is 1. The lowest BCUT2D eigenvalue weighted by atomic mass is 10.1. The fourth-order valence-electron chi connectivity index (χ4n) is 2.58. The number of benzene rings is 1. The highest BCUT2D eigenvalue weighted by Crippen LogP contribution is 2.36. The average molecular weight is 342 g/mol. The largest absolute Gasteiger partial charge is 0.285 e. The van der Waals surface area contributed by atoms with Gasteiger partial charge in [-0.25, -0.2) is 4.52 Å². The maximum Gasteiger partial charge on any atom is 0.103 e. The Hall–Kier alpha value is -3.55. The van der Waals surface area contributed by atoms with Gasteiger partial charge in [-0.1, -0.05) is 23.9 Å². The van der Waals surface area contributed by atoms with Crippen molar-refractivity contribution in [2.24, 2.45) is 0 Å². The van der Waals surface area contributed by atoms with Gasteiger partial charge in [0.2, 0.25) is 0 Å². The van der Waals surface area contributed by atoms with Gasteiger partial charge in [-0.3, -0.25) is 5.10 Å². The molecule has 0 spiro atoms. The first kappa shape index (κ1) is 15.0. The number of pyridine rings is 1. The van der Waals surface area contributed by atoms with E-state index in [1.54, 1.807) is 29.2 Å². The van der Waals surface area contributed by atoms with Crippen LogP contribution in [0.3, 0.4) is 0 Å². The topological polar surface area (TPSA) is 93.6 Å². The Morgan fingerprint density at radius 2 is 1.84 bits per heavy atom. The van der Waals surface area contributed by atoms with Gasteiger partial charge in [0.25, 0.3) is 0 Å². The van der Waals surface area contributed by atoms with Crippen molar-refractivity contribution < 1.29 is 0 Å². The molecular formula is C18H10N6S. The molecule has 25 heavy (non-hydrogen) atoms. The van der Waals surface area contributed by atoms with Crippen LogP contribution in [0.15, 0.2) is 64.9 Å². The Labute approximate surface area is 147 Å². The summed E-state index contributed by atoms with van der Waals surface area (Å²) in [6.45, 7) is 0. The number of nitrogens with one attached hydrogen (secondary N) is 1. The number of H-pyrrole nitrogens is 1. The molecule has 0 aliphatic heterocycles. The third-order valence-corrected chi connectivity index (χ3v) is 4.86. The van der Waals surface area contributed by atoms with Gasteiger partial charge in [0.1, 0.15) is 12.1 Å². The van der Waals surface area contributed by atoms with E-state index in [1.807, 2.05) is 30.5 Å². The lowest BCUT2D eigenvalue weighted by molar-refractivity contribution is 0.951. The minimum absolute atomic E-state index is 0.496. The fraction of sp³-hybridized carbons (Fsp3) is 0. The van der Waals surface area contributed by atoms with Crippen molar-refractivity contribution in [3.05, 3.63) is 66.2 Å². The Morgan fingerprint density at radius 3 is 2.60 bits per heavy atom. The van der Waals surface area contributed by atoms with E-state index >= 15 is 0 Å². The summed E-state index contributed by atoms with van der Waals surface area (Å²) in [5.41, 5.74) is 3.66. The van der Waals surface area contributed by atoms with Crippen LogP contribution < -0.4 is 0 Å². The van der Waals surface area contributed by atoms with Crippen molar-refractivity contribution in [3.8, 4) is 23.3 Å². The van der Waals surface area contributed by atoms with E-state index in [0.29, 0.717) is 11.1 Å². The summed E-state index contributed by atoms with van der Waals surface area (Å²) in [4.78, 5) is 1.69. The molecule has 1 N–H and O–H groups in total. The monoisotopic (exact) mass is 342 g/mol. The number of rotatable bonds is 3. The summed E-state index contributed by atoms with van der Waals surface area (Å²) in [5.74, 6) is 0. The van der Waals surface area contributed by atoms with Crippen LogP contribution >= 0.6 is 11.8 Å². The van der Waals surface area contributed by atoms with Crippen LogP contribution in [0.5, 0.6) is 0 Å². The maximum absolute atomic E-state index is 9.39. The summed E-state index contributed by atoms with van der Waals surface area (Å²) < 4.78 is 1.69. The van der Waals surface area contributed by atoms with Crippen molar-refractivity contribution >= 4 is 17.3 Å². The number of nitriles is 2. The van der Waals surface area contributed by atoms with Crippen molar-refractivity contribution in [1.29, 1.82) is 10.5 Å². The lowest BCUT2D eigenvalue weighted by Gasteiger charge is -2.09. The molecule has 3 aromatic heterocycles. The molecule has 4 rings (SSSR count). The van der Waals surface area contributed by atoms with Crippen molar-refractivity contribution in [3.63, 3.8) is 0 Å². The van der Waals surface area contributed by atoms with Crippen LogP contribution in [-0.2, 0) is 0 Å². The Kier molecular flexibility index (Phi) is 3.70. The molecule has 7 heteroatoms. The first-order valence-electron chi connectivity index (χ1n) is 7.38. The number of aromatic nitrogens is 4. The molecule has 3 heterocycles. The van der Waals surface area contributed by atoms with Crippen LogP contribution in [0.1, 0.15) is 11.1 Å². The van der Waals surface area contributed by atoms with Crippen LogP contribution in [-0.4, -0.2) is 19.8 Å². The zero-order valence-electron chi connectivity index (χ0n) is 12.8. The third kappa shape index (κ3) is 2.63. The van der Waals surface area contributed by atoms with E-state index in [-0.39, 0.29) is 0 Å². The molecule has 1 aromatic carbocycles. The second-order valence-corrected chi connectivity index (χ2v) is 6.34. The molecule has 0 radical (unpaired) electrons. The Morgan fingerprint density at radius 1 is 1.00 bits per heavy atom. The lowest BCUT2D eigenvalue weighted by Crippen LogP contribution is -1.92. The van der Waals surface area contributed by atoms with Gasteiger partial charge in [-0.05, 0) is 18.2 Å². The van der Waals surface area contributed by atoms with E-state index in [1.165, 1.54) is 11.8 Å². The zero-order valence-corrected chi connectivity index (χ0v) is 13.7. The van der Waals surface area contributed by atoms with Gasteiger partial charge in [0, 0.05) is 33.3 Å². The SMILES string of the molecule is N#Cc1ccccc1Sc1cc(-c2cn[nH]c2)cn2ncc(C#N)c12. The summed E-state index contributed by atoms with van der Waals surface area (Å²) in [7, 11) is 0. The van der Waals surface area contributed by atoms with E-state index in [0.717, 1.165) is 26.4 Å². The molecule has 4 aromatic rings. The first-order chi connectivity index (χ1) is 12.3. The van der Waals surface area contributed by atoms with Gasteiger partial charge in [-0.15, -0.1) is 0 Å². The second kappa shape index (κ2) is 6.16. The molecule has 0 unspecified atom stereocenters. The molecule has 0 amide bonds. The van der Waals surface area contributed by atoms with Gasteiger partial charge < -0.3 is 0 Å². The predicted octanol–water partition coefficient (Wildman–Crippen LogP) is 3.62. The molecule has 0 saturated carbocycles. The van der Waals surface area contributed by atoms with Gasteiger partial charge in [-0.2, -0.15) is 20.7 Å². The van der Waals surface area contributed by atoms with Crippen molar-refractivity contribution in [1.82, 2.24) is 19.8 Å². The minimum Gasteiger partial charge on any atom is -0.285 e. The number of nitrogens with zero attached hydrogens (tertiary/aromatic N) is 5. The van der Waals surface area contributed by atoms with Crippen LogP contribution in [0, 0.1) is 22.7 Å². The standard InChI is InChI=1S/C18H10N6S/c19-6-12-3-1-2-4-16(12)25-17-5-13(15-8-21-22-9-15)11-24-18(17)14(7-20)10-23-24/h1-5,8-11H,(H,21,22). The summed E-state index contributed by atoms with van der Waals surface area (Å²) >= 11 is 1.45. The Bertz CT molecular complexity index is 1140. The molecule has 0 atom stereocenters. The molecule has 0 aliphatic rings. The van der Waals surface area contributed by atoms with Crippen molar-refractivity contribution in [2.45, 2.75) is 9.79 Å². The smallest absolute Gasteiger partial charge is 0.103 e. The zero-order chi connectivity index (χ0) is 17.2. The van der Waals surface area contributed by atoms with E-state index in [2.05, 4.69) is 27.4 Å². The number of fused-ring (bicyclic) bond motifs is 1.